The van der Waals surface area contributed by atoms with Gasteiger partial charge in [0.05, 0.1) is 0 Å². The highest BCUT2D eigenvalue weighted by Crippen LogP contribution is 2.15. The van der Waals surface area contributed by atoms with Crippen molar-refractivity contribution in [2.75, 3.05) is 19.6 Å². The number of rotatable bonds is 4. The smallest absolute Gasteiger partial charge is 0.0265 e. The number of nitrogens with zero attached hydrogens (tertiary/aromatic N) is 1. The second-order valence-electron chi connectivity index (χ2n) is 6.01. The summed E-state index contributed by atoms with van der Waals surface area (Å²) < 4.78 is 0. The predicted molar refractivity (Wildman–Crippen MR) is 88.4 cm³/mol. The minimum Gasteiger partial charge on any atom is -0.314 e. The molecule has 110 valence electrons. The summed E-state index contributed by atoms with van der Waals surface area (Å²) in [6.07, 6.45) is 1.12. The summed E-state index contributed by atoms with van der Waals surface area (Å²) >= 11 is 0. The van der Waals surface area contributed by atoms with Crippen molar-refractivity contribution in [3.8, 4) is 0 Å². The zero-order chi connectivity index (χ0) is 14.5. The van der Waals surface area contributed by atoms with Gasteiger partial charge in [-0.2, -0.15) is 0 Å². The molecule has 1 fully saturated rings. The minimum atomic E-state index is 0.585. The average Bonchev–Trinajstić information content (AvgIpc) is 2.50. The van der Waals surface area contributed by atoms with Crippen molar-refractivity contribution >= 4 is 0 Å². The Kier molecular flexibility index (Phi) is 4.69. The molecule has 1 atom stereocenters. The van der Waals surface area contributed by atoms with Crippen LogP contribution in [0.4, 0.5) is 0 Å². The lowest BCUT2D eigenvalue weighted by Crippen LogP contribution is -2.51. The molecule has 2 heteroatoms. The lowest BCUT2D eigenvalue weighted by Gasteiger charge is -2.36. The molecule has 1 heterocycles. The van der Waals surface area contributed by atoms with Crippen molar-refractivity contribution in [1.29, 1.82) is 0 Å². The molecule has 2 aromatic rings. The van der Waals surface area contributed by atoms with Gasteiger partial charge in [0.15, 0.2) is 0 Å². The van der Waals surface area contributed by atoms with Gasteiger partial charge in [0.1, 0.15) is 0 Å². The van der Waals surface area contributed by atoms with Crippen molar-refractivity contribution in [1.82, 2.24) is 10.2 Å². The molecule has 1 unspecified atom stereocenters. The Labute approximate surface area is 127 Å². The Hall–Kier alpha value is -1.64. The third-order valence-electron chi connectivity index (χ3n) is 4.25. The van der Waals surface area contributed by atoms with Crippen LogP contribution < -0.4 is 5.32 Å². The van der Waals surface area contributed by atoms with Crippen LogP contribution in [-0.4, -0.2) is 30.6 Å². The van der Waals surface area contributed by atoms with Gasteiger partial charge in [-0.15, -0.1) is 0 Å². The van der Waals surface area contributed by atoms with Gasteiger partial charge in [0, 0.05) is 32.2 Å². The lowest BCUT2D eigenvalue weighted by atomic mass is 10.0. The number of benzene rings is 2. The predicted octanol–water partition coefficient (Wildman–Crippen LogP) is 3.01. The number of hydrogen-bond donors (Lipinski definition) is 1. The fraction of sp³-hybridized carbons (Fsp3) is 0.368. The van der Waals surface area contributed by atoms with E-state index in [1.807, 2.05) is 0 Å². The van der Waals surface area contributed by atoms with E-state index in [1.165, 1.54) is 16.7 Å². The van der Waals surface area contributed by atoms with Crippen LogP contribution in [0.3, 0.4) is 0 Å². The zero-order valence-electron chi connectivity index (χ0n) is 12.8. The second-order valence-corrected chi connectivity index (χ2v) is 6.01. The molecular weight excluding hydrogens is 256 g/mol. The third kappa shape index (κ3) is 3.93. The van der Waals surface area contributed by atoms with E-state index in [0.29, 0.717) is 6.04 Å². The molecule has 1 saturated heterocycles. The Morgan fingerprint density at radius 1 is 1.05 bits per heavy atom. The topological polar surface area (TPSA) is 15.3 Å². The fourth-order valence-corrected chi connectivity index (χ4v) is 3.14. The van der Waals surface area contributed by atoms with Gasteiger partial charge >= 0.3 is 0 Å². The molecule has 0 aliphatic carbocycles. The van der Waals surface area contributed by atoms with Gasteiger partial charge in [0.2, 0.25) is 0 Å². The maximum absolute atomic E-state index is 3.54. The molecule has 21 heavy (non-hydrogen) atoms. The van der Waals surface area contributed by atoms with Crippen molar-refractivity contribution in [3.63, 3.8) is 0 Å². The van der Waals surface area contributed by atoms with Crippen molar-refractivity contribution in [3.05, 3.63) is 71.3 Å². The molecule has 1 N–H and O–H groups in total. The molecular formula is C19H24N2. The maximum atomic E-state index is 3.54. The van der Waals surface area contributed by atoms with E-state index < -0.39 is 0 Å². The summed E-state index contributed by atoms with van der Waals surface area (Å²) in [5.41, 5.74) is 4.21. The van der Waals surface area contributed by atoms with Crippen LogP contribution in [0.5, 0.6) is 0 Å². The lowest BCUT2D eigenvalue weighted by molar-refractivity contribution is 0.152. The van der Waals surface area contributed by atoms with E-state index in [1.54, 1.807) is 0 Å². The monoisotopic (exact) mass is 280 g/mol. The van der Waals surface area contributed by atoms with E-state index in [-0.39, 0.29) is 0 Å². The Bertz CT molecular complexity index is 565. The summed E-state index contributed by atoms with van der Waals surface area (Å²) in [4.78, 5) is 2.62. The number of nitrogens with one attached hydrogen (secondary N) is 1. The van der Waals surface area contributed by atoms with Crippen LogP contribution in [0, 0.1) is 6.92 Å². The summed E-state index contributed by atoms with van der Waals surface area (Å²) in [6, 6.07) is 20.3. The average molecular weight is 280 g/mol. The molecule has 0 bridgehead atoms. The molecule has 3 rings (SSSR count). The maximum Gasteiger partial charge on any atom is 0.0265 e. The van der Waals surface area contributed by atoms with Gasteiger partial charge in [-0.05, 0) is 24.5 Å². The first-order valence-electron chi connectivity index (χ1n) is 7.85. The van der Waals surface area contributed by atoms with Gasteiger partial charge in [0.25, 0.3) is 0 Å². The highest BCUT2D eigenvalue weighted by molar-refractivity contribution is 5.22. The first-order valence-corrected chi connectivity index (χ1v) is 7.85. The first-order chi connectivity index (χ1) is 10.3. The van der Waals surface area contributed by atoms with Gasteiger partial charge in [-0.1, -0.05) is 60.2 Å². The molecule has 0 radical (unpaired) electrons. The van der Waals surface area contributed by atoms with Crippen LogP contribution in [0.1, 0.15) is 16.7 Å². The molecule has 0 spiro atoms. The largest absolute Gasteiger partial charge is 0.314 e. The minimum absolute atomic E-state index is 0.585. The number of aryl methyl sites for hydroxylation is 1. The Morgan fingerprint density at radius 2 is 1.86 bits per heavy atom. The zero-order valence-corrected chi connectivity index (χ0v) is 12.8. The molecule has 0 saturated carbocycles. The van der Waals surface area contributed by atoms with Crippen LogP contribution in [0.15, 0.2) is 54.6 Å². The highest BCUT2D eigenvalue weighted by atomic mass is 15.2. The summed E-state index contributed by atoms with van der Waals surface area (Å²) in [6.45, 7) is 6.53. The van der Waals surface area contributed by atoms with Crippen molar-refractivity contribution in [2.45, 2.75) is 25.9 Å². The number of piperazine rings is 1. The van der Waals surface area contributed by atoms with Gasteiger partial charge < -0.3 is 5.32 Å². The third-order valence-corrected chi connectivity index (χ3v) is 4.25. The summed E-state index contributed by atoms with van der Waals surface area (Å²) in [5.74, 6) is 0. The van der Waals surface area contributed by atoms with E-state index in [0.717, 1.165) is 32.6 Å². The molecule has 2 nitrogen and oxygen atoms in total. The normalized spacial score (nSPS) is 19.6. The molecule has 1 aliphatic heterocycles. The van der Waals surface area contributed by atoms with Crippen LogP contribution in [-0.2, 0) is 13.0 Å². The Morgan fingerprint density at radius 3 is 2.67 bits per heavy atom. The molecule has 2 aromatic carbocycles. The standard InChI is InChI=1S/C19H24N2/c1-16-6-5-9-18(12-16)15-21-11-10-20-14-19(21)13-17-7-3-2-4-8-17/h2-9,12,19-20H,10-11,13-15H2,1H3. The van der Waals surface area contributed by atoms with Crippen LogP contribution >= 0.6 is 0 Å². The molecule has 0 amide bonds. The van der Waals surface area contributed by atoms with Crippen molar-refractivity contribution in [2.24, 2.45) is 0 Å². The SMILES string of the molecule is Cc1cccc(CN2CCNCC2Cc2ccccc2)c1. The molecule has 1 aliphatic rings. The van der Waals surface area contributed by atoms with Gasteiger partial charge in [-0.25, -0.2) is 0 Å². The van der Waals surface area contributed by atoms with E-state index in [2.05, 4.69) is 71.7 Å². The first kappa shape index (κ1) is 14.3. The summed E-state index contributed by atoms with van der Waals surface area (Å²) in [7, 11) is 0. The quantitative estimate of drug-likeness (QED) is 0.926. The number of hydrogen-bond acceptors (Lipinski definition) is 2. The van der Waals surface area contributed by atoms with E-state index in [4.69, 9.17) is 0 Å². The Balaban J connectivity index is 1.69. The van der Waals surface area contributed by atoms with Crippen LogP contribution in [0.2, 0.25) is 0 Å². The van der Waals surface area contributed by atoms with Crippen molar-refractivity contribution < 1.29 is 0 Å². The molecule has 0 aromatic heterocycles. The summed E-state index contributed by atoms with van der Waals surface area (Å²) in [5, 5.41) is 3.54. The highest BCUT2D eigenvalue weighted by Gasteiger charge is 2.22. The van der Waals surface area contributed by atoms with Gasteiger partial charge in [-0.3, -0.25) is 4.90 Å². The fourth-order valence-electron chi connectivity index (χ4n) is 3.14. The van der Waals surface area contributed by atoms with Crippen LogP contribution in [0.25, 0.3) is 0 Å². The second kappa shape index (κ2) is 6.88. The van der Waals surface area contributed by atoms with E-state index in [9.17, 15) is 0 Å². The van der Waals surface area contributed by atoms with E-state index >= 15 is 0 Å².